The highest BCUT2D eigenvalue weighted by Crippen LogP contribution is 2.21. The summed E-state index contributed by atoms with van der Waals surface area (Å²) < 4.78 is 32.4. The molecule has 1 aliphatic heterocycles. The fraction of sp³-hybridized carbons (Fsp3) is 0.300. The maximum Gasteiger partial charge on any atom is 0.243 e. The van der Waals surface area contributed by atoms with Crippen molar-refractivity contribution in [3.05, 3.63) is 65.0 Å². The number of hydrogen-bond acceptors (Lipinski definition) is 6. The lowest BCUT2D eigenvalue weighted by Crippen LogP contribution is -2.48. The summed E-state index contributed by atoms with van der Waals surface area (Å²) in [5.41, 5.74) is 2.08. The molecule has 0 N–H and O–H groups in total. The predicted octanol–water partition coefficient (Wildman–Crippen LogP) is 3.20. The molecule has 0 bridgehead atoms. The number of rotatable bonds is 5. The van der Waals surface area contributed by atoms with Gasteiger partial charge in [-0.25, -0.2) is 8.42 Å². The maximum atomic E-state index is 12.8. The van der Waals surface area contributed by atoms with Crippen LogP contribution in [0.25, 0.3) is 11.4 Å². The highest BCUT2D eigenvalue weighted by atomic mass is 35.5. The minimum absolute atomic E-state index is 0.259. The average molecular weight is 433 g/mol. The molecule has 1 aromatic heterocycles. The van der Waals surface area contributed by atoms with Gasteiger partial charge >= 0.3 is 0 Å². The number of nitrogens with zero attached hydrogens (tertiary/aromatic N) is 4. The van der Waals surface area contributed by atoms with E-state index in [1.165, 1.54) is 22.0 Å². The van der Waals surface area contributed by atoms with E-state index in [2.05, 4.69) is 15.0 Å². The van der Waals surface area contributed by atoms with Gasteiger partial charge in [0.1, 0.15) is 0 Å². The second-order valence-electron chi connectivity index (χ2n) is 7.01. The molecule has 1 aliphatic rings. The van der Waals surface area contributed by atoms with E-state index in [1.54, 1.807) is 12.1 Å². The highest BCUT2D eigenvalue weighted by Gasteiger charge is 2.29. The summed E-state index contributed by atoms with van der Waals surface area (Å²) in [7, 11) is -3.51. The number of aryl methyl sites for hydroxylation is 1. The fourth-order valence-electron chi connectivity index (χ4n) is 3.21. The Balaban J connectivity index is 1.37. The number of halogens is 1. The molecule has 0 atom stereocenters. The summed E-state index contributed by atoms with van der Waals surface area (Å²) >= 11 is 5.86. The van der Waals surface area contributed by atoms with E-state index in [4.69, 9.17) is 16.1 Å². The van der Waals surface area contributed by atoms with Crippen LogP contribution in [0.5, 0.6) is 0 Å². The summed E-state index contributed by atoms with van der Waals surface area (Å²) in [6, 6.07) is 14.2. The van der Waals surface area contributed by atoms with Crippen LogP contribution < -0.4 is 0 Å². The van der Waals surface area contributed by atoms with Gasteiger partial charge in [0.2, 0.25) is 21.7 Å². The predicted molar refractivity (Wildman–Crippen MR) is 110 cm³/mol. The third-order valence-corrected chi connectivity index (χ3v) is 7.08. The Hall–Kier alpha value is -2.26. The van der Waals surface area contributed by atoms with Gasteiger partial charge in [0, 0.05) is 36.8 Å². The molecule has 0 radical (unpaired) electrons. The lowest BCUT2D eigenvalue weighted by Gasteiger charge is -2.33. The zero-order valence-electron chi connectivity index (χ0n) is 16.0. The van der Waals surface area contributed by atoms with Crippen molar-refractivity contribution >= 4 is 21.6 Å². The molecule has 0 aliphatic carbocycles. The van der Waals surface area contributed by atoms with Crippen LogP contribution in [0.4, 0.5) is 0 Å². The van der Waals surface area contributed by atoms with Crippen molar-refractivity contribution in [1.29, 1.82) is 0 Å². The van der Waals surface area contributed by atoms with E-state index in [1.807, 2.05) is 31.2 Å². The SMILES string of the molecule is Cc1ccc(-c2noc(CN3CCN(S(=O)(=O)c4ccc(Cl)cc4)CC3)n2)cc1. The molecule has 152 valence electrons. The van der Waals surface area contributed by atoms with Crippen molar-refractivity contribution < 1.29 is 12.9 Å². The topological polar surface area (TPSA) is 79.5 Å². The summed E-state index contributed by atoms with van der Waals surface area (Å²) in [5, 5.41) is 4.57. The van der Waals surface area contributed by atoms with Crippen LogP contribution >= 0.6 is 11.6 Å². The van der Waals surface area contributed by atoms with E-state index in [-0.39, 0.29) is 4.90 Å². The molecule has 9 heteroatoms. The lowest BCUT2D eigenvalue weighted by atomic mass is 10.1. The Kier molecular flexibility index (Phi) is 5.69. The zero-order chi connectivity index (χ0) is 20.4. The fourth-order valence-corrected chi connectivity index (χ4v) is 4.76. The second kappa shape index (κ2) is 8.23. The maximum absolute atomic E-state index is 12.8. The van der Waals surface area contributed by atoms with Crippen molar-refractivity contribution in [3.63, 3.8) is 0 Å². The van der Waals surface area contributed by atoms with Gasteiger partial charge in [0.25, 0.3) is 0 Å². The molecule has 4 rings (SSSR count). The standard InChI is InChI=1S/C20H21ClN4O3S/c1-15-2-4-16(5-3-15)20-22-19(28-23-20)14-24-10-12-25(13-11-24)29(26,27)18-8-6-17(21)7-9-18/h2-9H,10-14H2,1H3. The van der Waals surface area contributed by atoms with Gasteiger partial charge in [0.05, 0.1) is 11.4 Å². The monoisotopic (exact) mass is 432 g/mol. The molecule has 0 amide bonds. The largest absolute Gasteiger partial charge is 0.338 e. The number of aromatic nitrogens is 2. The van der Waals surface area contributed by atoms with Crippen LogP contribution in [0, 0.1) is 6.92 Å². The summed E-state index contributed by atoms with van der Waals surface area (Å²) in [6.07, 6.45) is 0. The molecule has 7 nitrogen and oxygen atoms in total. The van der Waals surface area contributed by atoms with Crippen LogP contribution in [0.3, 0.4) is 0 Å². The first kappa shape index (κ1) is 20.0. The average Bonchev–Trinajstić information content (AvgIpc) is 3.18. The smallest absolute Gasteiger partial charge is 0.243 e. The molecule has 29 heavy (non-hydrogen) atoms. The highest BCUT2D eigenvalue weighted by molar-refractivity contribution is 7.89. The minimum atomic E-state index is -3.51. The Morgan fingerprint density at radius 2 is 1.66 bits per heavy atom. The first-order valence-corrected chi connectivity index (χ1v) is 11.1. The van der Waals surface area contributed by atoms with Crippen LogP contribution in [-0.2, 0) is 16.6 Å². The van der Waals surface area contributed by atoms with Gasteiger partial charge in [-0.05, 0) is 31.2 Å². The molecule has 0 saturated carbocycles. The van der Waals surface area contributed by atoms with Crippen molar-refractivity contribution in [1.82, 2.24) is 19.3 Å². The van der Waals surface area contributed by atoms with Crippen molar-refractivity contribution in [3.8, 4) is 11.4 Å². The van der Waals surface area contributed by atoms with Gasteiger partial charge in [-0.3, -0.25) is 4.90 Å². The summed E-state index contributed by atoms with van der Waals surface area (Å²) in [5.74, 6) is 1.08. The first-order valence-electron chi connectivity index (χ1n) is 9.29. The molecule has 2 aromatic carbocycles. The molecule has 0 unspecified atom stereocenters. The first-order chi connectivity index (χ1) is 13.9. The Labute approximate surface area is 174 Å². The normalized spacial score (nSPS) is 16.2. The van der Waals surface area contributed by atoms with Crippen molar-refractivity contribution in [2.24, 2.45) is 0 Å². The molecule has 1 saturated heterocycles. The number of benzene rings is 2. The molecule has 0 spiro atoms. The van der Waals surface area contributed by atoms with Crippen molar-refractivity contribution in [2.45, 2.75) is 18.4 Å². The molecule has 3 aromatic rings. The zero-order valence-corrected chi connectivity index (χ0v) is 17.5. The van der Waals surface area contributed by atoms with Crippen molar-refractivity contribution in [2.75, 3.05) is 26.2 Å². The van der Waals surface area contributed by atoms with Crippen LogP contribution in [-0.4, -0.2) is 53.9 Å². The molecular formula is C20H21ClN4O3S. The minimum Gasteiger partial charge on any atom is -0.338 e. The Morgan fingerprint density at radius 3 is 2.31 bits per heavy atom. The van der Waals surface area contributed by atoms with Gasteiger partial charge < -0.3 is 4.52 Å². The Bertz CT molecular complexity index is 1070. The van der Waals surface area contributed by atoms with E-state index < -0.39 is 10.0 Å². The van der Waals surface area contributed by atoms with Gasteiger partial charge in [-0.15, -0.1) is 0 Å². The van der Waals surface area contributed by atoms with E-state index in [0.717, 1.165) is 5.56 Å². The molecule has 1 fully saturated rings. The van der Waals surface area contributed by atoms with Crippen LogP contribution in [0.2, 0.25) is 5.02 Å². The van der Waals surface area contributed by atoms with Gasteiger partial charge in [-0.2, -0.15) is 9.29 Å². The second-order valence-corrected chi connectivity index (χ2v) is 9.39. The number of piperazine rings is 1. The van der Waals surface area contributed by atoms with E-state index in [9.17, 15) is 8.42 Å². The number of sulfonamides is 1. The third-order valence-electron chi connectivity index (χ3n) is 4.92. The van der Waals surface area contributed by atoms with Crippen LogP contribution in [0.15, 0.2) is 57.9 Å². The summed E-state index contributed by atoms with van der Waals surface area (Å²) in [6.45, 7) is 4.52. The molecular weight excluding hydrogens is 412 g/mol. The number of hydrogen-bond donors (Lipinski definition) is 0. The van der Waals surface area contributed by atoms with E-state index in [0.29, 0.717) is 49.5 Å². The lowest BCUT2D eigenvalue weighted by molar-refractivity contribution is 0.163. The molecule has 2 heterocycles. The van der Waals surface area contributed by atoms with E-state index >= 15 is 0 Å². The summed E-state index contributed by atoms with van der Waals surface area (Å²) in [4.78, 5) is 6.83. The van der Waals surface area contributed by atoms with Gasteiger partial charge in [0.15, 0.2) is 0 Å². The van der Waals surface area contributed by atoms with Gasteiger partial charge in [-0.1, -0.05) is 46.6 Å². The van der Waals surface area contributed by atoms with Crippen LogP contribution in [0.1, 0.15) is 11.5 Å². The quantitative estimate of drug-likeness (QED) is 0.616. The third kappa shape index (κ3) is 4.51. The Morgan fingerprint density at radius 1 is 1.00 bits per heavy atom.